The zero-order valence-corrected chi connectivity index (χ0v) is 17.0. The Labute approximate surface area is 182 Å². The molecular formula is C22H21F3N6O. The molecule has 166 valence electrons. The summed E-state index contributed by atoms with van der Waals surface area (Å²) in [6.45, 7) is 0.656. The highest BCUT2D eigenvalue weighted by Crippen LogP contribution is 2.38. The first-order valence-electron chi connectivity index (χ1n) is 10.5. The van der Waals surface area contributed by atoms with E-state index >= 15 is 0 Å². The molecule has 1 aromatic carbocycles. The summed E-state index contributed by atoms with van der Waals surface area (Å²) in [4.78, 5) is 20.8. The largest absolute Gasteiger partial charge is 0.417 e. The molecule has 7 nitrogen and oxygen atoms in total. The van der Waals surface area contributed by atoms with E-state index in [1.807, 2.05) is 17.0 Å². The average Bonchev–Trinajstić information content (AvgIpc) is 3.33. The van der Waals surface area contributed by atoms with Gasteiger partial charge in [0, 0.05) is 18.8 Å². The molecule has 0 unspecified atom stereocenters. The van der Waals surface area contributed by atoms with E-state index in [0.717, 1.165) is 31.5 Å². The minimum absolute atomic E-state index is 0.0739. The molecule has 1 amide bonds. The summed E-state index contributed by atoms with van der Waals surface area (Å²) in [5.74, 6) is 0.606. The second-order valence-electron chi connectivity index (χ2n) is 8.22. The summed E-state index contributed by atoms with van der Waals surface area (Å²) in [6.07, 6.45) is 2.23. The number of nitrogens with one attached hydrogen (secondary N) is 1. The number of benzene rings is 1. The normalized spacial score (nSPS) is 22.7. The van der Waals surface area contributed by atoms with E-state index in [-0.39, 0.29) is 18.0 Å². The first kappa shape index (κ1) is 20.5. The summed E-state index contributed by atoms with van der Waals surface area (Å²) < 4.78 is 38.5. The van der Waals surface area contributed by atoms with Crippen molar-refractivity contribution in [3.05, 3.63) is 66.1 Å². The van der Waals surface area contributed by atoms with E-state index in [1.54, 1.807) is 24.5 Å². The number of alkyl halides is 3. The fraction of sp³-hybridized carbons (Fsp3) is 0.364. The van der Waals surface area contributed by atoms with Gasteiger partial charge in [-0.25, -0.2) is 4.98 Å². The average molecular weight is 442 g/mol. The molecule has 6 rings (SSSR count). The predicted octanol–water partition coefficient (Wildman–Crippen LogP) is 3.79. The maximum Gasteiger partial charge on any atom is 0.417 e. The van der Waals surface area contributed by atoms with E-state index in [2.05, 4.69) is 20.5 Å². The van der Waals surface area contributed by atoms with Crippen molar-refractivity contribution in [1.82, 2.24) is 24.9 Å². The molecule has 1 N–H and O–H groups in total. The van der Waals surface area contributed by atoms with E-state index in [9.17, 15) is 18.0 Å². The van der Waals surface area contributed by atoms with Crippen LogP contribution in [0.15, 0.2) is 55.0 Å². The van der Waals surface area contributed by atoms with Gasteiger partial charge < -0.3 is 10.2 Å². The molecule has 2 aliphatic heterocycles. The number of carbonyl (C=O) groups is 1. The molecule has 1 aliphatic carbocycles. The minimum atomic E-state index is -4.42. The van der Waals surface area contributed by atoms with E-state index in [1.165, 1.54) is 10.9 Å². The first-order chi connectivity index (χ1) is 15.4. The number of amides is 1. The maximum absolute atomic E-state index is 13.5. The second-order valence-corrected chi connectivity index (χ2v) is 8.22. The summed E-state index contributed by atoms with van der Waals surface area (Å²) in [6, 6.07) is 9.42. The standard InChI is InChI=1S/C22H21F3N6O/c23-22(24,25)15-6-8-20(26-12-15)29-17-11-14-5-7-19(17)30(13-14)21(32)16-3-1-2-4-18(16)31-27-9-10-28-31/h1-4,6,8-10,12,14,17,19H,5,7,11,13H2,(H,26,29)/t14-,17-,19+/m1/s1. The SMILES string of the molecule is O=C(c1ccccc1-n1nccn1)N1C[C@@H]2CC[C@H]1[C@H](Nc1ccc(C(F)(F)F)cn1)C2. The lowest BCUT2D eigenvalue weighted by molar-refractivity contribution is -0.137. The molecule has 0 radical (unpaired) electrons. The van der Waals surface area contributed by atoms with E-state index < -0.39 is 11.7 Å². The molecule has 3 aliphatic rings. The highest BCUT2D eigenvalue weighted by Gasteiger charge is 2.43. The number of aromatic nitrogens is 4. The van der Waals surface area contributed by atoms with Crippen molar-refractivity contribution in [3.63, 3.8) is 0 Å². The smallest absolute Gasteiger partial charge is 0.365 e. The topological polar surface area (TPSA) is 75.9 Å². The Bertz CT molecular complexity index is 1100. The summed E-state index contributed by atoms with van der Waals surface area (Å²) in [7, 11) is 0. The Morgan fingerprint density at radius 2 is 1.84 bits per heavy atom. The monoisotopic (exact) mass is 442 g/mol. The quantitative estimate of drug-likeness (QED) is 0.666. The Hall–Kier alpha value is -3.43. The molecular weight excluding hydrogens is 421 g/mol. The van der Waals surface area contributed by atoms with Gasteiger partial charge in [0.2, 0.25) is 0 Å². The Morgan fingerprint density at radius 1 is 1.06 bits per heavy atom. The van der Waals surface area contributed by atoms with Crippen LogP contribution in [-0.2, 0) is 6.18 Å². The molecule has 2 aromatic heterocycles. The number of rotatable bonds is 4. The summed E-state index contributed by atoms with van der Waals surface area (Å²) in [5.41, 5.74) is 0.342. The van der Waals surface area contributed by atoms with Crippen LogP contribution in [0.2, 0.25) is 0 Å². The molecule has 1 saturated carbocycles. The molecule has 3 fully saturated rings. The fourth-order valence-electron chi connectivity index (χ4n) is 4.74. The molecule has 10 heteroatoms. The molecule has 3 aromatic rings. The molecule has 32 heavy (non-hydrogen) atoms. The first-order valence-corrected chi connectivity index (χ1v) is 10.5. The van der Waals surface area contributed by atoms with Gasteiger partial charge in [0.05, 0.1) is 35.2 Å². The van der Waals surface area contributed by atoms with Gasteiger partial charge in [0.25, 0.3) is 5.91 Å². The van der Waals surface area contributed by atoms with Gasteiger partial charge in [0.15, 0.2) is 0 Å². The zero-order valence-electron chi connectivity index (χ0n) is 17.0. The fourth-order valence-corrected chi connectivity index (χ4v) is 4.74. The third kappa shape index (κ3) is 3.80. The Morgan fingerprint density at radius 3 is 2.53 bits per heavy atom. The number of para-hydroxylation sites is 1. The number of nitrogens with zero attached hydrogens (tertiary/aromatic N) is 5. The van der Waals surface area contributed by atoms with Crippen molar-refractivity contribution in [2.75, 3.05) is 11.9 Å². The van der Waals surface area contributed by atoms with Crippen LogP contribution in [0.1, 0.15) is 35.2 Å². The third-order valence-corrected chi connectivity index (χ3v) is 6.23. The molecule has 2 saturated heterocycles. The number of pyridine rings is 1. The maximum atomic E-state index is 13.5. The lowest BCUT2D eigenvalue weighted by atomic mass is 9.76. The van der Waals surface area contributed by atoms with E-state index in [0.29, 0.717) is 29.5 Å². The van der Waals surface area contributed by atoms with Crippen LogP contribution in [0.3, 0.4) is 0 Å². The van der Waals surface area contributed by atoms with Crippen LogP contribution in [0.4, 0.5) is 19.0 Å². The molecule has 3 atom stereocenters. The van der Waals surface area contributed by atoms with Crippen molar-refractivity contribution < 1.29 is 18.0 Å². The van der Waals surface area contributed by atoms with Gasteiger partial charge >= 0.3 is 6.18 Å². The van der Waals surface area contributed by atoms with Crippen molar-refractivity contribution in [3.8, 4) is 5.69 Å². The van der Waals surface area contributed by atoms with Crippen LogP contribution in [0, 0.1) is 5.92 Å². The van der Waals surface area contributed by atoms with Crippen LogP contribution >= 0.6 is 0 Å². The molecule has 0 spiro atoms. The molecule has 4 heterocycles. The predicted molar refractivity (Wildman–Crippen MR) is 110 cm³/mol. The summed E-state index contributed by atoms with van der Waals surface area (Å²) in [5, 5.41) is 11.6. The van der Waals surface area contributed by atoms with Gasteiger partial charge in [-0.05, 0) is 49.4 Å². The highest BCUT2D eigenvalue weighted by molar-refractivity contribution is 5.98. The van der Waals surface area contributed by atoms with Crippen molar-refractivity contribution in [1.29, 1.82) is 0 Å². The van der Waals surface area contributed by atoms with Gasteiger partial charge in [-0.1, -0.05) is 12.1 Å². The van der Waals surface area contributed by atoms with Crippen molar-refractivity contribution in [2.24, 2.45) is 5.92 Å². The Balaban J connectivity index is 1.37. The number of anilines is 1. The van der Waals surface area contributed by atoms with Crippen molar-refractivity contribution >= 4 is 11.7 Å². The highest BCUT2D eigenvalue weighted by atomic mass is 19.4. The lowest BCUT2D eigenvalue weighted by Gasteiger charge is -2.50. The number of fused-ring (bicyclic) bond motifs is 3. The second kappa shape index (κ2) is 7.92. The Kier molecular flexibility index (Phi) is 5.07. The van der Waals surface area contributed by atoms with Crippen LogP contribution in [0.25, 0.3) is 5.69 Å². The lowest BCUT2D eigenvalue weighted by Crippen LogP contribution is -2.59. The van der Waals surface area contributed by atoms with Gasteiger partial charge in [-0.15, -0.1) is 0 Å². The van der Waals surface area contributed by atoms with Gasteiger partial charge in [0.1, 0.15) is 5.82 Å². The van der Waals surface area contributed by atoms with Gasteiger partial charge in [-0.3, -0.25) is 4.79 Å². The number of halogens is 3. The third-order valence-electron chi connectivity index (χ3n) is 6.23. The number of carbonyl (C=O) groups excluding carboxylic acids is 1. The zero-order chi connectivity index (χ0) is 22.3. The van der Waals surface area contributed by atoms with Crippen LogP contribution in [0.5, 0.6) is 0 Å². The van der Waals surface area contributed by atoms with Crippen LogP contribution < -0.4 is 5.32 Å². The number of hydrogen-bond acceptors (Lipinski definition) is 5. The van der Waals surface area contributed by atoms with Crippen LogP contribution in [-0.4, -0.2) is 49.4 Å². The van der Waals surface area contributed by atoms with Gasteiger partial charge in [-0.2, -0.15) is 28.2 Å². The molecule has 2 bridgehead atoms. The number of piperidine rings is 2. The summed E-state index contributed by atoms with van der Waals surface area (Å²) >= 11 is 0. The minimum Gasteiger partial charge on any atom is -0.365 e. The van der Waals surface area contributed by atoms with E-state index in [4.69, 9.17) is 0 Å². The number of hydrogen-bond donors (Lipinski definition) is 1. The van der Waals surface area contributed by atoms with Crippen molar-refractivity contribution in [2.45, 2.75) is 37.5 Å².